The van der Waals surface area contributed by atoms with Gasteiger partial charge in [-0.3, -0.25) is 4.79 Å². The molecule has 2 N–H and O–H groups in total. The van der Waals surface area contributed by atoms with E-state index in [1.807, 2.05) is 18.2 Å². The van der Waals surface area contributed by atoms with Crippen LogP contribution < -0.4 is 10.5 Å². The second-order valence-corrected chi connectivity index (χ2v) is 5.69. The van der Waals surface area contributed by atoms with Gasteiger partial charge in [0.25, 0.3) is 0 Å². The van der Waals surface area contributed by atoms with Gasteiger partial charge in [0, 0.05) is 19.6 Å². The molecular weight excluding hydrogens is 310 g/mol. The molecule has 1 aromatic carbocycles. The van der Waals surface area contributed by atoms with Crippen molar-refractivity contribution < 1.29 is 14.3 Å². The Morgan fingerprint density at radius 2 is 2.16 bits per heavy atom. The number of Topliss-reactive ketones (excluding diaryl/α,β-unsaturated/α-hetero) is 1. The van der Waals surface area contributed by atoms with Crippen molar-refractivity contribution >= 4 is 21.7 Å². The third kappa shape index (κ3) is 3.35. The van der Waals surface area contributed by atoms with Gasteiger partial charge in [0.15, 0.2) is 5.78 Å². The van der Waals surface area contributed by atoms with Crippen LogP contribution in [0.4, 0.5) is 0 Å². The summed E-state index contributed by atoms with van der Waals surface area (Å²) in [5.41, 5.74) is 6.39. The number of ether oxygens (including phenoxy) is 2. The van der Waals surface area contributed by atoms with Gasteiger partial charge >= 0.3 is 0 Å². The van der Waals surface area contributed by atoms with Gasteiger partial charge < -0.3 is 15.2 Å². The lowest BCUT2D eigenvalue weighted by Gasteiger charge is -2.31. The molecule has 104 valence electrons. The van der Waals surface area contributed by atoms with Gasteiger partial charge in [-0.15, -0.1) is 0 Å². The van der Waals surface area contributed by atoms with Gasteiger partial charge in [0.05, 0.1) is 17.1 Å². The zero-order valence-electron chi connectivity index (χ0n) is 10.9. The Kier molecular flexibility index (Phi) is 4.60. The van der Waals surface area contributed by atoms with Crippen LogP contribution in [0, 0.1) is 0 Å². The maximum Gasteiger partial charge on any atom is 0.157 e. The Bertz CT molecular complexity index is 470. The smallest absolute Gasteiger partial charge is 0.157 e. The minimum atomic E-state index is -0.731. The van der Waals surface area contributed by atoms with Gasteiger partial charge in [0.1, 0.15) is 5.75 Å². The molecule has 0 spiro atoms. The van der Waals surface area contributed by atoms with Crippen molar-refractivity contribution in [2.24, 2.45) is 5.73 Å². The fourth-order valence-electron chi connectivity index (χ4n) is 2.20. The second-order valence-electron chi connectivity index (χ2n) is 4.84. The molecule has 0 aromatic heterocycles. The van der Waals surface area contributed by atoms with E-state index in [1.54, 1.807) is 7.11 Å². The first-order valence-corrected chi connectivity index (χ1v) is 7.07. The molecule has 0 unspecified atom stereocenters. The van der Waals surface area contributed by atoms with E-state index in [4.69, 9.17) is 15.2 Å². The maximum absolute atomic E-state index is 12.3. The summed E-state index contributed by atoms with van der Waals surface area (Å²) in [5, 5.41) is 0. The molecule has 0 atom stereocenters. The van der Waals surface area contributed by atoms with Crippen molar-refractivity contribution in [3.63, 3.8) is 0 Å². The zero-order valence-corrected chi connectivity index (χ0v) is 12.5. The Morgan fingerprint density at radius 3 is 2.74 bits per heavy atom. The number of methoxy groups -OCH3 is 1. The van der Waals surface area contributed by atoms with Crippen molar-refractivity contribution in [3.05, 3.63) is 28.2 Å². The molecular formula is C14H18BrNO3. The Hall–Kier alpha value is -0.910. The van der Waals surface area contributed by atoms with Crippen LogP contribution in [0.25, 0.3) is 0 Å². The van der Waals surface area contributed by atoms with Gasteiger partial charge in [-0.05, 0) is 46.5 Å². The van der Waals surface area contributed by atoms with E-state index in [0.717, 1.165) is 15.8 Å². The molecule has 0 amide bonds. The quantitative estimate of drug-likeness (QED) is 0.919. The molecule has 1 aliphatic heterocycles. The topological polar surface area (TPSA) is 61.5 Å². The molecule has 19 heavy (non-hydrogen) atoms. The number of carbonyl (C=O) groups is 1. The third-order valence-electron chi connectivity index (χ3n) is 3.52. The predicted molar refractivity (Wildman–Crippen MR) is 76.4 cm³/mol. The minimum Gasteiger partial charge on any atom is -0.496 e. The number of ketones is 1. The number of rotatable bonds is 4. The summed E-state index contributed by atoms with van der Waals surface area (Å²) in [5.74, 6) is 0.831. The number of benzene rings is 1. The standard InChI is InChI=1S/C14H18BrNO3/c1-18-12-3-2-10(8-11(12)15)9-13(17)14(16)4-6-19-7-5-14/h2-3,8H,4-7,9,16H2,1H3. The van der Waals surface area contributed by atoms with Crippen LogP contribution in [0.2, 0.25) is 0 Å². The molecule has 0 aliphatic carbocycles. The van der Waals surface area contributed by atoms with E-state index in [1.165, 1.54) is 0 Å². The van der Waals surface area contributed by atoms with E-state index in [2.05, 4.69) is 15.9 Å². The molecule has 5 heteroatoms. The van der Waals surface area contributed by atoms with Crippen LogP contribution in [-0.2, 0) is 16.0 Å². The number of hydrogen-bond donors (Lipinski definition) is 1. The highest BCUT2D eigenvalue weighted by atomic mass is 79.9. The fraction of sp³-hybridized carbons (Fsp3) is 0.500. The SMILES string of the molecule is COc1ccc(CC(=O)C2(N)CCOCC2)cc1Br. The summed E-state index contributed by atoms with van der Waals surface area (Å²) in [6.07, 6.45) is 1.55. The van der Waals surface area contributed by atoms with Crippen LogP contribution in [0.1, 0.15) is 18.4 Å². The van der Waals surface area contributed by atoms with E-state index >= 15 is 0 Å². The maximum atomic E-state index is 12.3. The lowest BCUT2D eigenvalue weighted by Crippen LogP contribution is -2.52. The molecule has 1 aromatic rings. The Balaban J connectivity index is 2.08. The normalized spacial score (nSPS) is 18.1. The van der Waals surface area contributed by atoms with Gasteiger partial charge in [0.2, 0.25) is 0 Å². The molecule has 4 nitrogen and oxygen atoms in total. The average molecular weight is 328 g/mol. The first-order valence-electron chi connectivity index (χ1n) is 6.27. The number of halogens is 1. The molecule has 2 rings (SSSR count). The summed E-state index contributed by atoms with van der Waals surface area (Å²) in [6, 6.07) is 5.64. The fourth-order valence-corrected chi connectivity index (χ4v) is 2.78. The van der Waals surface area contributed by atoms with Crippen LogP contribution in [0.5, 0.6) is 5.75 Å². The molecule has 1 aliphatic rings. The van der Waals surface area contributed by atoms with E-state index in [9.17, 15) is 4.79 Å². The van der Waals surface area contributed by atoms with Gasteiger partial charge in [-0.1, -0.05) is 6.07 Å². The third-order valence-corrected chi connectivity index (χ3v) is 4.14. The summed E-state index contributed by atoms with van der Waals surface area (Å²) in [7, 11) is 1.61. The molecule has 0 saturated carbocycles. The number of nitrogens with two attached hydrogens (primary N) is 1. The largest absolute Gasteiger partial charge is 0.496 e. The molecule has 0 radical (unpaired) electrons. The van der Waals surface area contributed by atoms with E-state index in [-0.39, 0.29) is 5.78 Å². The van der Waals surface area contributed by atoms with Gasteiger partial charge in [-0.25, -0.2) is 0 Å². The molecule has 1 saturated heterocycles. The van der Waals surface area contributed by atoms with Crippen LogP contribution in [0.15, 0.2) is 22.7 Å². The van der Waals surface area contributed by atoms with Crippen LogP contribution in [-0.4, -0.2) is 31.6 Å². The Morgan fingerprint density at radius 1 is 1.47 bits per heavy atom. The summed E-state index contributed by atoms with van der Waals surface area (Å²) in [4.78, 5) is 12.3. The highest BCUT2D eigenvalue weighted by Gasteiger charge is 2.35. The first kappa shape index (κ1) is 14.5. The lowest BCUT2D eigenvalue weighted by molar-refractivity contribution is -0.126. The van der Waals surface area contributed by atoms with Crippen molar-refractivity contribution in [2.75, 3.05) is 20.3 Å². The van der Waals surface area contributed by atoms with Gasteiger partial charge in [-0.2, -0.15) is 0 Å². The second kappa shape index (κ2) is 6.03. The van der Waals surface area contributed by atoms with Crippen LogP contribution >= 0.6 is 15.9 Å². The molecule has 1 fully saturated rings. The van der Waals surface area contributed by atoms with E-state index < -0.39 is 5.54 Å². The molecule has 0 bridgehead atoms. The number of carbonyl (C=O) groups excluding carboxylic acids is 1. The number of hydrogen-bond acceptors (Lipinski definition) is 4. The monoisotopic (exact) mass is 327 g/mol. The van der Waals surface area contributed by atoms with E-state index in [0.29, 0.717) is 32.5 Å². The summed E-state index contributed by atoms with van der Waals surface area (Å²) in [6.45, 7) is 1.13. The van der Waals surface area contributed by atoms with Crippen molar-refractivity contribution in [1.82, 2.24) is 0 Å². The highest BCUT2D eigenvalue weighted by Crippen LogP contribution is 2.27. The first-order chi connectivity index (χ1) is 9.05. The predicted octanol–water partition coefficient (Wildman–Crippen LogP) is 2.08. The lowest BCUT2D eigenvalue weighted by atomic mass is 9.84. The average Bonchev–Trinajstić information content (AvgIpc) is 2.40. The van der Waals surface area contributed by atoms with Crippen molar-refractivity contribution in [3.8, 4) is 5.75 Å². The summed E-state index contributed by atoms with van der Waals surface area (Å²) >= 11 is 3.42. The zero-order chi connectivity index (χ0) is 13.9. The van der Waals surface area contributed by atoms with Crippen molar-refractivity contribution in [2.45, 2.75) is 24.8 Å². The van der Waals surface area contributed by atoms with Crippen LogP contribution in [0.3, 0.4) is 0 Å². The minimum absolute atomic E-state index is 0.0767. The van der Waals surface area contributed by atoms with Crippen molar-refractivity contribution in [1.29, 1.82) is 0 Å². The molecule has 1 heterocycles. The Labute approximate surface area is 121 Å². The highest BCUT2D eigenvalue weighted by molar-refractivity contribution is 9.10. The summed E-state index contributed by atoms with van der Waals surface area (Å²) < 4.78 is 11.3.